The third-order valence-electron chi connectivity index (χ3n) is 2.78. The zero-order valence-electron chi connectivity index (χ0n) is 10.6. The van der Waals surface area contributed by atoms with Gasteiger partial charge in [-0.25, -0.2) is 9.55 Å². The molecule has 1 aromatic heterocycles. The number of imidazole rings is 1. The minimum Gasteiger partial charge on any atom is -0.286 e. The first-order chi connectivity index (χ1) is 9.20. The van der Waals surface area contributed by atoms with Gasteiger partial charge in [-0.15, -0.1) is 0 Å². The predicted molar refractivity (Wildman–Crippen MR) is 71.2 cm³/mol. The second-order valence-electron chi connectivity index (χ2n) is 4.20. The number of ketones is 1. The molecule has 0 saturated carbocycles. The Kier molecular flexibility index (Phi) is 3.89. The Morgan fingerprint density at radius 3 is 2.79 bits per heavy atom. The van der Waals surface area contributed by atoms with Gasteiger partial charge in [0.1, 0.15) is 18.9 Å². The Bertz CT molecular complexity index is 645. The van der Waals surface area contributed by atoms with E-state index in [1.54, 1.807) is 12.3 Å². The zero-order valence-corrected chi connectivity index (χ0v) is 10.6. The van der Waals surface area contributed by atoms with Gasteiger partial charge >= 0.3 is 5.82 Å². The monoisotopic (exact) mass is 252 g/mol. The van der Waals surface area contributed by atoms with Crippen LogP contribution in [0.5, 0.6) is 0 Å². The summed E-state index contributed by atoms with van der Waals surface area (Å²) in [6.07, 6.45) is 6.80. The molecule has 0 atom stereocenters. The summed E-state index contributed by atoms with van der Waals surface area (Å²) in [7, 11) is 0. The topological polar surface area (TPSA) is 60.5 Å². The highest BCUT2D eigenvalue weighted by Crippen LogP contribution is 2.06. The summed E-state index contributed by atoms with van der Waals surface area (Å²) in [5.41, 5.74) is 2.08. The van der Waals surface area contributed by atoms with Crippen molar-refractivity contribution in [2.24, 2.45) is 0 Å². The Labute approximate surface area is 111 Å². The lowest BCUT2D eigenvalue weighted by Gasteiger charge is -2.00. The minimum atomic E-state index is 0.0126. The van der Waals surface area contributed by atoms with Crippen LogP contribution in [0.2, 0.25) is 0 Å². The zero-order chi connectivity index (χ0) is 13.7. The predicted octanol–water partition coefficient (Wildman–Crippen LogP) is 2.09. The van der Waals surface area contributed by atoms with Crippen LogP contribution in [0.3, 0.4) is 0 Å². The summed E-state index contributed by atoms with van der Waals surface area (Å²) in [5.74, 6) is 0.604. The fraction of sp³-hybridized carbons (Fsp3) is 0.133. The molecule has 4 heteroatoms. The summed E-state index contributed by atoms with van der Waals surface area (Å²) >= 11 is 0. The number of carbonyl (C=O) groups is 1. The molecular weight excluding hydrogens is 238 g/mol. The van der Waals surface area contributed by atoms with E-state index in [1.807, 2.05) is 41.1 Å². The number of nitrogens with one attached hydrogen (secondary N) is 1. The summed E-state index contributed by atoms with van der Waals surface area (Å²) in [6.45, 7) is 2.18. The van der Waals surface area contributed by atoms with Crippen molar-refractivity contribution in [2.45, 2.75) is 13.5 Å². The molecular formula is C15H14N3O+. The Morgan fingerprint density at radius 1 is 1.42 bits per heavy atom. The Morgan fingerprint density at radius 2 is 2.16 bits per heavy atom. The van der Waals surface area contributed by atoms with Gasteiger partial charge in [0.25, 0.3) is 0 Å². The largest absolute Gasteiger partial charge is 0.323 e. The summed E-state index contributed by atoms with van der Waals surface area (Å²) in [5, 5.41) is 8.46. The molecule has 0 spiro atoms. The second-order valence-corrected chi connectivity index (χ2v) is 4.20. The molecule has 4 nitrogen and oxygen atoms in total. The number of hydrogen-bond donors (Lipinski definition) is 1. The van der Waals surface area contributed by atoms with E-state index in [2.05, 4.69) is 4.98 Å². The van der Waals surface area contributed by atoms with Gasteiger partial charge < -0.3 is 0 Å². The molecule has 0 aliphatic rings. The molecule has 0 aliphatic carbocycles. The first-order valence-corrected chi connectivity index (χ1v) is 5.93. The number of hydrogen-bond acceptors (Lipinski definition) is 2. The number of nitrogens with zero attached hydrogens (tertiary/aromatic N) is 2. The van der Waals surface area contributed by atoms with Crippen LogP contribution in [-0.2, 0) is 6.54 Å². The molecule has 0 fully saturated rings. The Hall–Kier alpha value is -2.67. The van der Waals surface area contributed by atoms with Gasteiger partial charge in [0.15, 0.2) is 0 Å². The van der Waals surface area contributed by atoms with E-state index < -0.39 is 0 Å². The van der Waals surface area contributed by atoms with Crippen LogP contribution in [0.15, 0.2) is 42.7 Å². The number of carbonyl (C=O) groups excluding carboxylic acids is 1. The summed E-state index contributed by atoms with van der Waals surface area (Å²) in [6, 6.07) is 9.83. The first-order valence-electron chi connectivity index (χ1n) is 5.93. The molecule has 0 radical (unpaired) electrons. The van der Waals surface area contributed by atoms with Crippen molar-refractivity contribution in [3.63, 3.8) is 0 Å². The second kappa shape index (κ2) is 5.78. The maximum absolute atomic E-state index is 11.4. The molecule has 0 aliphatic heterocycles. The standard InChI is InChI=1S/C15H13N3O/c1-12(19)15-17-9-10-18(15)11-14-6-4-13(5-7-14)3-2-8-16/h2-7,9-10H,11H2,1H3/p+1. The highest BCUT2D eigenvalue weighted by Gasteiger charge is 2.15. The van der Waals surface area contributed by atoms with Crippen molar-refractivity contribution in [3.05, 3.63) is 59.7 Å². The lowest BCUT2D eigenvalue weighted by Crippen LogP contribution is -2.38. The third-order valence-corrected chi connectivity index (χ3v) is 2.78. The van der Waals surface area contributed by atoms with Crippen molar-refractivity contribution in [3.8, 4) is 6.07 Å². The van der Waals surface area contributed by atoms with Crippen LogP contribution in [0.4, 0.5) is 0 Å². The van der Waals surface area contributed by atoms with Crippen LogP contribution in [0.25, 0.3) is 6.08 Å². The molecule has 1 N–H and O–H groups in total. The van der Waals surface area contributed by atoms with Crippen molar-refractivity contribution >= 4 is 11.9 Å². The van der Waals surface area contributed by atoms with E-state index in [9.17, 15) is 4.79 Å². The van der Waals surface area contributed by atoms with Gasteiger partial charge in [0.05, 0.1) is 6.07 Å². The van der Waals surface area contributed by atoms with Crippen LogP contribution in [0.1, 0.15) is 28.7 Å². The van der Waals surface area contributed by atoms with E-state index in [-0.39, 0.29) is 5.78 Å². The molecule has 1 aromatic carbocycles. The normalized spacial score (nSPS) is 10.5. The molecule has 0 saturated heterocycles. The van der Waals surface area contributed by atoms with E-state index in [0.717, 1.165) is 11.1 Å². The maximum atomic E-state index is 11.4. The third kappa shape index (κ3) is 3.17. The van der Waals surface area contributed by atoms with Gasteiger partial charge in [-0.1, -0.05) is 24.3 Å². The van der Waals surface area contributed by atoms with Gasteiger partial charge in [0.2, 0.25) is 5.78 Å². The van der Waals surface area contributed by atoms with E-state index in [1.165, 1.54) is 13.0 Å². The SMILES string of the molecule is CC(=O)c1[nH]cc[n+]1Cc1ccc(C=CC#N)cc1. The van der Waals surface area contributed by atoms with E-state index in [4.69, 9.17) is 5.26 Å². The summed E-state index contributed by atoms with van der Waals surface area (Å²) in [4.78, 5) is 14.3. The number of Topliss-reactive ketones (excluding diaryl/α,β-unsaturated/α-hetero) is 1. The molecule has 0 amide bonds. The molecule has 1 heterocycles. The number of aromatic amines is 1. The highest BCUT2D eigenvalue weighted by atomic mass is 16.1. The number of rotatable bonds is 4. The molecule has 2 rings (SSSR count). The molecule has 2 aromatic rings. The highest BCUT2D eigenvalue weighted by molar-refractivity contribution is 5.88. The minimum absolute atomic E-state index is 0.0126. The number of nitriles is 1. The molecule has 0 bridgehead atoms. The van der Waals surface area contributed by atoms with Gasteiger partial charge in [-0.05, 0) is 17.2 Å². The van der Waals surface area contributed by atoms with Gasteiger partial charge in [-0.2, -0.15) is 5.26 Å². The Balaban J connectivity index is 2.16. The number of allylic oxidation sites excluding steroid dienone is 1. The van der Waals surface area contributed by atoms with Crippen LogP contribution in [0, 0.1) is 11.3 Å². The molecule has 94 valence electrons. The molecule has 19 heavy (non-hydrogen) atoms. The number of benzene rings is 1. The van der Waals surface area contributed by atoms with Crippen LogP contribution < -0.4 is 4.57 Å². The van der Waals surface area contributed by atoms with Crippen molar-refractivity contribution in [1.82, 2.24) is 4.98 Å². The van der Waals surface area contributed by atoms with Crippen molar-refractivity contribution in [2.75, 3.05) is 0 Å². The average molecular weight is 252 g/mol. The lowest BCUT2D eigenvalue weighted by molar-refractivity contribution is -0.688. The van der Waals surface area contributed by atoms with E-state index >= 15 is 0 Å². The maximum Gasteiger partial charge on any atom is 0.323 e. The van der Waals surface area contributed by atoms with Crippen molar-refractivity contribution in [1.29, 1.82) is 5.26 Å². The van der Waals surface area contributed by atoms with E-state index in [0.29, 0.717) is 12.4 Å². The van der Waals surface area contributed by atoms with Crippen LogP contribution >= 0.6 is 0 Å². The van der Waals surface area contributed by atoms with Gasteiger partial charge in [-0.3, -0.25) is 4.79 Å². The first kappa shape index (κ1) is 12.8. The lowest BCUT2D eigenvalue weighted by atomic mass is 10.1. The van der Waals surface area contributed by atoms with Gasteiger partial charge in [0, 0.05) is 13.0 Å². The summed E-state index contributed by atoms with van der Waals surface area (Å²) < 4.78 is 1.88. The average Bonchev–Trinajstić information content (AvgIpc) is 2.86. The number of aromatic nitrogens is 2. The smallest absolute Gasteiger partial charge is 0.286 e. The van der Waals surface area contributed by atoms with Crippen molar-refractivity contribution < 1.29 is 9.36 Å². The number of H-pyrrole nitrogens is 1. The van der Waals surface area contributed by atoms with Crippen LogP contribution in [-0.4, -0.2) is 10.8 Å². The molecule has 0 unspecified atom stereocenters. The fourth-order valence-electron chi connectivity index (χ4n) is 1.86. The fourth-order valence-corrected chi connectivity index (χ4v) is 1.86. The quantitative estimate of drug-likeness (QED) is 0.514.